The van der Waals surface area contributed by atoms with Gasteiger partial charge in [-0.3, -0.25) is 4.79 Å². The highest BCUT2D eigenvalue weighted by atomic mass is 16.1. The Hall–Kier alpha value is -1.45. The molecule has 1 aromatic heterocycles. The maximum Gasteiger partial charge on any atom is 0.172 e. The SMILES string of the molecule is C=CCn1nnc(C=O)c1CCC. The number of hydrogen-bond donors (Lipinski definition) is 0. The van der Waals surface area contributed by atoms with Crippen LogP contribution in [0.3, 0.4) is 0 Å². The standard InChI is InChI=1S/C9H13N3O/c1-3-5-9-8(7-13)10-11-12(9)6-4-2/h4,7H,2-3,5-6H2,1H3. The zero-order chi connectivity index (χ0) is 9.68. The van der Waals surface area contributed by atoms with Crippen molar-refractivity contribution in [3.63, 3.8) is 0 Å². The summed E-state index contributed by atoms with van der Waals surface area (Å²) in [5.74, 6) is 0. The topological polar surface area (TPSA) is 47.8 Å². The Morgan fingerprint density at radius 2 is 2.38 bits per heavy atom. The van der Waals surface area contributed by atoms with Gasteiger partial charge in [0.15, 0.2) is 6.29 Å². The molecule has 0 atom stereocenters. The van der Waals surface area contributed by atoms with Crippen LogP contribution in [0, 0.1) is 0 Å². The van der Waals surface area contributed by atoms with Gasteiger partial charge in [-0.2, -0.15) is 0 Å². The van der Waals surface area contributed by atoms with E-state index in [1.54, 1.807) is 10.8 Å². The molecule has 70 valence electrons. The highest BCUT2D eigenvalue weighted by Crippen LogP contribution is 2.06. The summed E-state index contributed by atoms with van der Waals surface area (Å²) in [4.78, 5) is 10.6. The van der Waals surface area contributed by atoms with Crippen LogP contribution in [0.5, 0.6) is 0 Å². The van der Waals surface area contributed by atoms with Crippen molar-refractivity contribution in [2.45, 2.75) is 26.3 Å². The Kier molecular flexibility index (Phi) is 3.37. The Bertz CT molecular complexity index is 304. The van der Waals surface area contributed by atoms with Crippen molar-refractivity contribution in [3.05, 3.63) is 24.0 Å². The van der Waals surface area contributed by atoms with Gasteiger partial charge in [-0.05, 0) is 6.42 Å². The molecular formula is C9H13N3O. The van der Waals surface area contributed by atoms with Crippen LogP contribution >= 0.6 is 0 Å². The summed E-state index contributed by atoms with van der Waals surface area (Å²) >= 11 is 0. The number of carbonyl (C=O) groups is 1. The highest BCUT2D eigenvalue weighted by Gasteiger charge is 2.09. The van der Waals surface area contributed by atoms with Crippen molar-refractivity contribution in [3.8, 4) is 0 Å². The van der Waals surface area contributed by atoms with Gasteiger partial charge in [0.1, 0.15) is 5.69 Å². The van der Waals surface area contributed by atoms with E-state index in [4.69, 9.17) is 0 Å². The van der Waals surface area contributed by atoms with Crippen molar-refractivity contribution in [2.75, 3.05) is 0 Å². The summed E-state index contributed by atoms with van der Waals surface area (Å²) < 4.78 is 1.71. The molecule has 1 aromatic rings. The van der Waals surface area contributed by atoms with E-state index < -0.39 is 0 Å². The number of carbonyl (C=O) groups excluding carboxylic acids is 1. The zero-order valence-corrected chi connectivity index (χ0v) is 7.73. The third-order valence-electron chi connectivity index (χ3n) is 1.77. The van der Waals surface area contributed by atoms with Crippen molar-refractivity contribution in [2.24, 2.45) is 0 Å². The lowest BCUT2D eigenvalue weighted by Gasteiger charge is -2.01. The third-order valence-corrected chi connectivity index (χ3v) is 1.77. The van der Waals surface area contributed by atoms with Gasteiger partial charge in [0.05, 0.1) is 12.2 Å². The second-order valence-electron chi connectivity index (χ2n) is 2.76. The number of aromatic nitrogens is 3. The summed E-state index contributed by atoms with van der Waals surface area (Å²) in [6, 6.07) is 0. The fourth-order valence-corrected chi connectivity index (χ4v) is 1.20. The van der Waals surface area contributed by atoms with Gasteiger partial charge in [-0.1, -0.05) is 24.6 Å². The quantitative estimate of drug-likeness (QED) is 0.504. The molecule has 0 N–H and O–H groups in total. The first-order chi connectivity index (χ1) is 6.33. The van der Waals surface area contributed by atoms with E-state index in [1.165, 1.54) is 0 Å². The van der Waals surface area contributed by atoms with Gasteiger partial charge in [-0.15, -0.1) is 11.7 Å². The monoisotopic (exact) mass is 179 g/mol. The summed E-state index contributed by atoms with van der Waals surface area (Å²) in [6.45, 7) is 6.28. The lowest BCUT2D eigenvalue weighted by atomic mass is 10.2. The van der Waals surface area contributed by atoms with Crippen molar-refractivity contribution >= 4 is 6.29 Å². The minimum absolute atomic E-state index is 0.448. The van der Waals surface area contributed by atoms with Crippen molar-refractivity contribution in [1.29, 1.82) is 0 Å². The van der Waals surface area contributed by atoms with Gasteiger partial charge in [0.25, 0.3) is 0 Å². The molecule has 4 heteroatoms. The average Bonchev–Trinajstić information content (AvgIpc) is 2.50. The summed E-state index contributed by atoms with van der Waals surface area (Å²) in [6.07, 6.45) is 4.29. The summed E-state index contributed by atoms with van der Waals surface area (Å²) in [5, 5.41) is 7.63. The highest BCUT2D eigenvalue weighted by molar-refractivity contribution is 5.73. The van der Waals surface area contributed by atoms with Crippen LogP contribution in [0.4, 0.5) is 0 Å². The molecule has 0 saturated carbocycles. The lowest BCUT2D eigenvalue weighted by molar-refractivity contribution is 0.111. The molecule has 13 heavy (non-hydrogen) atoms. The average molecular weight is 179 g/mol. The molecule has 0 radical (unpaired) electrons. The summed E-state index contributed by atoms with van der Waals surface area (Å²) in [5.41, 5.74) is 1.35. The fraction of sp³-hybridized carbons (Fsp3) is 0.444. The van der Waals surface area contributed by atoms with E-state index in [2.05, 4.69) is 23.8 Å². The number of aldehydes is 1. The molecule has 0 fully saturated rings. The second-order valence-corrected chi connectivity index (χ2v) is 2.76. The second kappa shape index (κ2) is 4.54. The number of nitrogens with zero attached hydrogens (tertiary/aromatic N) is 3. The van der Waals surface area contributed by atoms with Gasteiger partial charge in [0.2, 0.25) is 0 Å². The van der Waals surface area contributed by atoms with Crippen LogP contribution in [0.2, 0.25) is 0 Å². The third kappa shape index (κ3) is 2.02. The largest absolute Gasteiger partial charge is 0.296 e. The van der Waals surface area contributed by atoms with Crippen LogP contribution < -0.4 is 0 Å². The first-order valence-corrected chi connectivity index (χ1v) is 4.31. The molecule has 0 bridgehead atoms. The molecule has 0 unspecified atom stereocenters. The molecule has 0 saturated heterocycles. The predicted molar refractivity (Wildman–Crippen MR) is 49.6 cm³/mol. The van der Waals surface area contributed by atoms with E-state index >= 15 is 0 Å². The molecule has 0 spiro atoms. The first kappa shape index (κ1) is 9.64. The van der Waals surface area contributed by atoms with Crippen LogP contribution in [-0.4, -0.2) is 21.3 Å². The van der Waals surface area contributed by atoms with E-state index in [0.29, 0.717) is 12.2 Å². The van der Waals surface area contributed by atoms with Crippen molar-refractivity contribution < 1.29 is 4.79 Å². The van der Waals surface area contributed by atoms with Crippen LogP contribution in [0.25, 0.3) is 0 Å². The number of hydrogen-bond acceptors (Lipinski definition) is 3. The molecule has 0 amide bonds. The van der Waals surface area contributed by atoms with Crippen LogP contribution in [0.1, 0.15) is 29.5 Å². The molecule has 0 aliphatic carbocycles. The normalized spacial score (nSPS) is 9.92. The summed E-state index contributed by atoms with van der Waals surface area (Å²) in [7, 11) is 0. The van der Waals surface area contributed by atoms with Gasteiger partial charge in [0, 0.05) is 0 Å². The van der Waals surface area contributed by atoms with E-state index in [0.717, 1.165) is 24.8 Å². The fourth-order valence-electron chi connectivity index (χ4n) is 1.20. The lowest BCUT2D eigenvalue weighted by Crippen LogP contribution is -2.04. The predicted octanol–water partition coefficient (Wildman–Crippen LogP) is 1.23. The molecule has 4 nitrogen and oxygen atoms in total. The van der Waals surface area contributed by atoms with Crippen LogP contribution in [0.15, 0.2) is 12.7 Å². The smallest absolute Gasteiger partial charge is 0.172 e. The van der Waals surface area contributed by atoms with E-state index in [1.807, 2.05) is 0 Å². The number of rotatable bonds is 5. The zero-order valence-electron chi connectivity index (χ0n) is 7.73. The molecule has 1 heterocycles. The van der Waals surface area contributed by atoms with Crippen molar-refractivity contribution in [1.82, 2.24) is 15.0 Å². The van der Waals surface area contributed by atoms with Gasteiger partial charge in [-0.25, -0.2) is 4.68 Å². The Balaban J connectivity index is 2.97. The molecule has 0 aromatic carbocycles. The first-order valence-electron chi connectivity index (χ1n) is 4.31. The molecule has 0 aliphatic heterocycles. The maximum absolute atomic E-state index is 10.6. The Morgan fingerprint density at radius 1 is 1.62 bits per heavy atom. The van der Waals surface area contributed by atoms with Gasteiger partial charge < -0.3 is 0 Å². The minimum Gasteiger partial charge on any atom is -0.296 e. The van der Waals surface area contributed by atoms with E-state index in [9.17, 15) is 4.79 Å². The van der Waals surface area contributed by atoms with E-state index in [-0.39, 0.29) is 0 Å². The maximum atomic E-state index is 10.6. The molecule has 0 aliphatic rings. The Labute approximate surface area is 77.3 Å². The minimum atomic E-state index is 0.448. The van der Waals surface area contributed by atoms with Crippen LogP contribution in [-0.2, 0) is 13.0 Å². The Morgan fingerprint density at radius 3 is 2.92 bits per heavy atom. The number of allylic oxidation sites excluding steroid dienone is 1. The molecular weight excluding hydrogens is 166 g/mol. The van der Waals surface area contributed by atoms with Gasteiger partial charge >= 0.3 is 0 Å². The molecule has 1 rings (SSSR count).